The molecule has 0 radical (unpaired) electrons. The van der Waals surface area contributed by atoms with E-state index < -0.39 is 0 Å². The van der Waals surface area contributed by atoms with Crippen molar-refractivity contribution in [2.75, 3.05) is 23.7 Å². The highest BCUT2D eigenvalue weighted by Gasteiger charge is 2.46. The van der Waals surface area contributed by atoms with Gasteiger partial charge >= 0.3 is 0 Å². The van der Waals surface area contributed by atoms with Gasteiger partial charge in [-0.3, -0.25) is 4.79 Å². The Morgan fingerprint density at radius 2 is 2.17 bits per heavy atom. The molecular weight excluding hydrogens is 324 g/mol. The molecule has 7 nitrogen and oxygen atoms in total. The predicted octanol–water partition coefficient (Wildman–Crippen LogP) is 1.57. The number of aromatic nitrogens is 4. The SMILES string of the molecule is Nc1nnc(N2CCCC3(CCc4c3nc(C3CC3)[nH]c4=O)C2)s1. The number of aromatic amines is 1. The minimum absolute atomic E-state index is 0.0219. The van der Waals surface area contributed by atoms with Crippen LogP contribution in [0.5, 0.6) is 0 Å². The van der Waals surface area contributed by atoms with Crippen molar-refractivity contribution in [3.05, 3.63) is 27.4 Å². The summed E-state index contributed by atoms with van der Waals surface area (Å²) < 4.78 is 0. The molecule has 1 unspecified atom stereocenters. The summed E-state index contributed by atoms with van der Waals surface area (Å²) in [5.74, 6) is 1.36. The minimum Gasteiger partial charge on any atom is -0.374 e. The van der Waals surface area contributed by atoms with Crippen molar-refractivity contribution in [3.8, 4) is 0 Å². The summed E-state index contributed by atoms with van der Waals surface area (Å²) in [6.45, 7) is 1.82. The lowest BCUT2D eigenvalue weighted by Crippen LogP contribution is -2.45. The fourth-order valence-corrected chi connectivity index (χ4v) is 4.90. The Hall–Kier alpha value is -1.96. The number of nitrogen functional groups attached to an aromatic ring is 1. The third kappa shape index (κ3) is 2.16. The molecule has 126 valence electrons. The molecule has 1 saturated heterocycles. The molecule has 2 aromatic heterocycles. The van der Waals surface area contributed by atoms with E-state index in [1.54, 1.807) is 0 Å². The van der Waals surface area contributed by atoms with E-state index in [1.807, 2.05) is 0 Å². The van der Waals surface area contributed by atoms with Gasteiger partial charge in [-0.2, -0.15) is 0 Å². The largest absolute Gasteiger partial charge is 0.374 e. The quantitative estimate of drug-likeness (QED) is 0.857. The summed E-state index contributed by atoms with van der Waals surface area (Å²) in [4.78, 5) is 22.7. The van der Waals surface area contributed by atoms with E-state index in [4.69, 9.17) is 10.7 Å². The molecule has 2 aromatic rings. The van der Waals surface area contributed by atoms with Crippen LogP contribution in [0.2, 0.25) is 0 Å². The lowest BCUT2D eigenvalue weighted by atomic mass is 9.77. The van der Waals surface area contributed by atoms with Crippen LogP contribution in [0.3, 0.4) is 0 Å². The molecule has 3 aliphatic rings. The highest BCUT2D eigenvalue weighted by atomic mass is 32.1. The van der Waals surface area contributed by atoms with Gasteiger partial charge in [0.1, 0.15) is 5.82 Å². The molecule has 0 aromatic carbocycles. The van der Waals surface area contributed by atoms with Crippen molar-refractivity contribution in [2.24, 2.45) is 0 Å². The number of rotatable bonds is 2. The monoisotopic (exact) mass is 344 g/mol. The molecule has 1 aliphatic heterocycles. The summed E-state index contributed by atoms with van der Waals surface area (Å²) in [7, 11) is 0. The van der Waals surface area contributed by atoms with Crippen LogP contribution in [0.25, 0.3) is 0 Å². The number of piperidine rings is 1. The molecular formula is C16H20N6OS. The van der Waals surface area contributed by atoms with Gasteiger partial charge in [-0.25, -0.2) is 4.98 Å². The zero-order valence-electron chi connectivity index (χ0n) is 13.4. The van der Waals surface area contributed by atoms with Crippen LogP contribution >= 0.6 is 11.3 Å². The molecule has 5 rings (SSSR count). The minimum atomic E-state index is -0.0219. The maximum Gasteiger partial charge on any atom is 0.254 e. The Morgan fingerprint density at radius 3 is 2.92 bits per heavy atom. The molecule has 0 amide bonds. The Bertz CT molecular complexity index is 856. The van der Waals surface area contributed by atoms with E-state index in [1.165, 1.54) is 11.3 Å². The summed E-state index contributed by atoms with van der Waals surface area (Å²) in [5, 5.41) is 9.53. The summed E-state index contributed by atoms with van der Waals surface area (Å²) >= 11 is 1.43. The van der Waals surface area contributed by atoms with Gasteiger partial charge in [0.2, 0.25) is 10.3 Å². The van der Waals surface area contributed by atoms with Gasteiger partial charge in [0.15, 0.2) is 0 Å². The summed E-state index contributed by atoms with van der Waals surface area (Å²) in [5.41, 5.74) is 7.76. The van der Waals surface area contributed by atoms with Crippen molar-refractivity contribution < 1.29 is 0 Å². The van der Waals surface area contributed by atoms with Crippen LogP contribution < -0.4 is 16.2 Å². The molecule has 8 heteroatoms. The third-order valence-electron chi connectivity index (χ3n) is 5.63. The number of fused-ring (bicyclic) bond motifs is 2. The summed E-state index contributed by atoms with van der Waals surface area (Å²) in [6, 6.07) is 0. The molecule has 1 spiro atoms. The second kappa shape index (κ2) is 5.02. The van der Waals surface area contributed by atoms with Gasteiger partial charge in [0.05, 0.1) is 5.69 Å². The number of nitrogens with one attached hydrogen (secondary N) is 1. The molecule has 2 aliphatic carbocycles. The van der Waals surface area contributed by atoms with Crippen molar-refractivity contribution in [2.45, 2.75) is 49.9 Å². The molecule has 24 heavy (non-hydrogen) atoms. The van der Waals surface area contributed by atoms with Gasteiger partial charge < -0.3 is 15.6 Å². The second-order valence-corrected chi connectivity index (χ2v) is 8.27. The first kappa shape index (κ1) is 14.4. The Morgan fingerprint density at radius 1 is 1.29 bits per heavy atom. The van der Waals surface area contributed by atoms with Crippen molar-refractivity contribution in [1.82, 2.24) is 20.2 Å². The topological polar surface area (TPSA) is 101 Å². The number of hydrogen-bond acceptors (Lipinski definition) is 7. The number of nitrogens with zero attached hydrogens (tertiary/aromatic N) is 4. The fourth-order valence-electron chi connectivity index (χ4n) is 4.27. The third-order valence-corrected chi connectivity index (χ3v) is 6.44. The molecule has 2 fully saturated rings. The van der Waals surface area contributed by atoms with Gasteiger partial charge in [0.25, 0.3) is 5.56 Å². The first-order chi connectivity index (χ1) is 11.6. The maximum atomic E-state index is 12.5. The predicted molar refractivity (Wildman–Crippen MR) is 92.6 cm³/mol. The van der Waals surface area contributed by atoms with E-state index in [2.05, 4.69) is 20.1 Å². The Balaban J connectivity index is 1.54. The van der Waals surface area contributed by atoms with Crippen LogP contribution in [0.4, 0.5) is 10.3 Å². The molecule has 1 saturated carbocycles. The first-order valence-corrected chi connectivity index (χ1v) is 9.44. The zero-order chi connectivity index (χ0) is 16.3. The molecule has 0 bridgehead atoms. The second-order valence-electron chi connectivity index (χ2n) is 7.28. The van der Waals surface area contributed by atoms with Crippen LogP contribution in [-0.4, -0.2) is 33.3 Å². The van der Waals surface area contributed by atoms with Crippen LogP contribution in [0.15, 0.2) is 4.79 Å². The average Bonchev–Trinajstić information content (AvgIpc) is 3.26. The smallest absolute Gasteiger partial charge is 0.254 e. The highest BCUT2D eigenvalue weighted by Crippen LogP contribution is 2.45. The number of hydrogen-bond donors (Lipinski definition) is 2. The molecule has 3 N–H and O–H groups in total. The summed E-state index contributed by atoms with van der Waals surface area (Å²) in [6.07, 6.45) is 6.28. The van der Waals surface area contributed by atoms with Crippen molar-refractivity contribution >= 4 is 21.6 Å². The Labute approximate surface area is 143 Å². The number of H-pyrrole nitrogens is 1. The number of anilines is 2. The Kier molecular flexibility index (Phi) is 3.01. The van der Waals surface area contributed by atoms with E-state index in [0.717, 1.165) is 73.8 Å². The van der Waals surface area contributed by atoms with E-state index >= 15 is 0 Å². The van der Waals surface area contributed by atoms with Crippen LogP contribution in [0, 0.1) is 0 Å². The first-order valence-electron chi connectivity index (χ1n) is 8.62. The van der Waals surface area contributed by atoms with Crippen molar-refractivity contribution in [3.63, 3.8) is 0 Å². The van der Waals surface area contributed by atoms with Gasteiger partial charge in [-0.15, -0.1) is 10.2 Å². The van der Waals surface area contributed by atoms with Gasteiger partial charge in [0, 0.05) is 30.0 Å². The lowest BCUT2D eigenvalue weighted by Gasteiger charge is -2.40. The van der Waals surface area contributed by atoms with Crippen LogP contribution in [-0.2, 0) is 11.8 Å². The molecule has 1 atom stereocenters. The van der Waals surface area contributed by atoms with Gasteiger partial charge in [-0.05, 0) is 38.5 Å². The molecule has 3 heterocycles. The average molecular weight is 344 g/mol. The van der Waals surface area contributed by atoms with Gasteiger partial charge in [-0.1, -0.05) is 11.3 Å². The standard InChI is InChI=1S/C16H20N6OS/c17-14-20-21-15(24-14)22-7-1-5-16(8-22)6-4-10-11(16)18-12(9-2-3-9)19-13(10)23/h9H,1-8H2,(H2,17,20)(H,18,19,23). The highest BCUT2D eigenvalue weighted by molar-refractivity contribution is 7.18. The van der Waals surface area contributed by atoms with E-state index in [0.29, 0.717) is 11.0 Å². The van der Waals surface area contributed by atoms with E-state index in [-0.39, 0.29) is 11.0 Å². The normalized spacial score (nSPS) is 26.1. The van der Waals surface area contributed by atoms with Crippen LogP contribution in [0.1, 0.15) is 55.1 Å². The number of nitrogens with two attached hydrogens (primary N) is 1. The zero-order valence-corrected chi connectivity index (χ0v) is 14.2. The van der Waals surface area contributed by atoms with E-state index in [9.17, 15) is 4.79 Å². The van der Waals surface area contributed by atoms with Crippen molar-refractivity contribution in [1.29, 1.82) is 0 Å². The fraction of sp³-hybridized carbons (Fsp3) is 0.625. The maximum absolute atomic E-state index is 12.5. The lowest BCUT2D eigenvalue weighted by molar-refractivity contribution is 0.333.